The highest BCUT2D eigenvalue weighted by Gasteiger charge is 2.29. The Morgan fingerprint density at radius 3 is 2.83 bits per heavy atom. The standard InChI is InChI=1S/C16H22Cl2N2O3/c1-16(2,22)15(21)20-9-14-11(8-19-5-6-23-14)10-3-4-12(17)13(18)7-10/h3-4,7,11,14,19,22H,5-6,8-9H2,1-2H3,(H,20,21). The van der Waals surface area contributed by atoms with Gasteiger partial charge >= 0.3 is 0 Å². The van der Waals surface area contributed by atoms with Gasteiger partial charge < -0.3 is 20.5 Å². The van der Waals surface area contributed by atoms with E-state index in [9.17, 15) is 9.90 Å². The third-order valence-corrected chi connectivity index (χ3v) is 4.55. The van der Waals surface area contributed by atoms with Gasteiger partial charge in [-0.15, -0.1) is 0 Å². The van der Waals surface area contributed by atoms with Crippen molar-refractivity contribution in [1.82, 2.24) is 10.6 Å². The molecule has 1 aliphatic rings. The Morgan fingerprint density at radius 1 is 1.43 bits per heavy atom. The number of carbonyl (C=O) groups is 1. The predicted molar refractivity (Wildman–Crippen MR) is 91.1 cm³/mol. The molecular formula is C16H22Cl2N2O3. The summed E-state index contributed by atoms with van der Waals surface area (Å²) in [5.74, 6) is -0.402. The fourth-order valence-corrected chi connectivity index (χ4v) is 2.78. The summed E-state index contributed by atoms with van der Waals surface area (Å²) in [6, 6.07) is 5.51. The number of nitrogens with one attached hydrogen (secondary N) is 2. The SMILES string of the molecule is CC(C)(O)C(=O)NCC1OCCNCC1c1ccc(Cl)c(Cl)c1. The molecule has 1 fully saturated rings. The molecule has 0 bridgehead atoms. The summed E-state index contributed by atoms with van der Waals surface area (Å²) in [6.45, 7) is 5.23. The highest BCUT2D eigenvalue weighted by atomic mass is 35.5. The molecule has 3 N–H and O–H groups in total. The summed E-state index contributed by atoms with van der Waals surface area (Å²) in [4.78, 5) is 11.9. The zero-order valence-electron chi connectivity index (χ0n) is 13.2. The molecule has 1 amide bonds. The largest absolute Gasteiger partial charge is 0.381 e. The van der Waals surface area contributed by atoms with E-state index in [4.69, 9.17) is 27.9 Å². The van der Waals surface area contributed by atoms with Crippen molar-refractivity contribution >= 4 is 29.1 Å². The van der Waals surface area contributed by atoms with Crippen LogP contribution in [-0.2, 0) is 9.53 Å². The molecule has 2 atom stereocenters. The maximum absolute atomic E-state index is 11.9. The molecule has 0 saturated carbocycles. The van der Waals surface area contributed by atoms with Crippen LogP contribution < -0.4 is 10.6 Å². The average molecular weight is 361 g/mol. The average Bonchev–Trinajstić information content (AvgIpc) is 2.72. The van der Waals surface area contributed by atoms with Crippen LogP contribution in [0, 0.1) is 0 Å². The quantitative estimate of drug-likeness (QED) is 0.767. The van der Waals surface area contributed by atoms with Crippen molar-refractivity contribution in [2.75, 3.05) is 26.2 Å². The number of halogens is 2. The lowest BCUT2D eigenvalue weighted by Crippen LogP contribution is -2.46. The number of aliphatic hydroxyl groups is 1. The molecule has 1 saturated heterocycles. The molecule has 1 aliphatic heterocycles. The Hall–Kier alpha value is -0.850. The van der Waals surface area contributed by atoms with E-state index in [1.807, 2.05) is 12.1 Å². The van der Waals surface area contributed by atoms with E-state index in [1.165, 1.54) is 13.8 Å². The van der Waals surface area contributed by atoms with Crippen molar-refractivity contribution in [2.24, 2.45) is 0 Å². The molecular weight excluding hydrogens is 339 g/mol. The molecule has 1 aromatic rings. The lowest BCUT2D eigenvalue weighted by atomic mass is 9.93. The fraction of sp³-hybridized carbons (Fsp3) is 0.562. The van der Waals surface area contributed by atoms with Crippen LogP contribution in [0.3, 0.4) is 0 Å². The summed E-state index contributed by atoms with van der Waals surface area (Å²) < 4.78 is 5.87. The van der Waals surface area contributed by atoms with E-state index in [-0.39, 0.29) is 12.0 Å². The Labute approximate surface area is 146 Å². The zero-order chi connectivity index (χ0) is 17.0. The third-order valence-electron chi connectivity index (χ3n) is 3.82. The minimum atomic E-state index is -1.41. The van der Waals surface area contributed by atoms with Crippen molar-refractivity contribution in [2.45, 2.75) is 31.5 Å². The van der Waals surface area contributed by atoms with Crippen LogP contribution >= 0.6 is 23.2 Å². The van der Waals surface area contributed by atoms with Gasteiger partial charge in [-0.05, 0) is 31.5 Å². The van der Waals surface area contributed by atoms with E-state index >= 15 is 0 Å². The maximum Gasteiger partial charge on any atom is 0.251 e. The minimum Gasteiger partial charge on any atom is -0.381 e. The van der Waals surface area contributed by atoms with Crippen LogP contribution in [0.2, 0.25) is 10.0 Å². The first-order valence-corrected chi connectivity index (χ1v) is 8.32. The molecule has 2 rings (SSSR count). The van der Waals surface area contributed by atoms with Gasteiger partial charge in [-0.1, -0.05) is 29.3 Å². The molecule has 0 spiro atoms. The number of amides is 1. The molecule has 1 aromatic carbocycles. The van der Waals surface area contributed by atoms with E-state index in [0.29, 0.717) is 29.7 Å². The van der Waals surface area contributed by atoms with E-state index in [0.717, 1.165) is 12.1 Å². The summed E-state index contributed by atoms with van der Waals surface area (Å²) in [7, 11) is 0. The summed E-state index contributed by atoms with van der Waals surface area (Å²) in [5, 5.41) is 16.8. The maximum atomic E-state index is 11.9. The van der Waals surface area contributed by atoms with Gasteiger partial charge in [0.2, 0.25) is 0 Å². The molecule has 7 heteroatoms. The lowest BCUT2D eigenvalue weighted by molar-refractivity contribution is -0.137. The normalized spacial score (nSPS) is 22.5. The summed E-state index contributed by atoms with van der Waals surface area (Å²) in [6.07, 6.45) is -0.214. The number of benzene rings is 1. The van der Waals surface area contributed by atoms with Gasteiger partial charge in [0.1, 0.15) is 5.60 Å². The van der Waals surface area contributed by atoms with Crippen molar-refractivity contribution in [3.05, 3.63) is 33.8 Å². The number of hydrogen-bond donors (Lipinski definition) is 3. The lowest BCUT2D eigenvalue weighted by Gasteiger charge is -2.27. The Bertz CT molecular complexity index is 561. The van der Waals surface area contributed by atoms with E-state index in [1.54, 1.807) is 6.07 Å². The van der Waals surface area contributed by atoms with Crippen LogP contribution in [0.15, 0.2) is 18.2 Å². The minimum absolute atomic E-state index is 0.0226. The first-order chi connectivity index (χ1) is 10.8. The van der Waals surface area contributed by atoms with E-state index < -0.39 is 11.5 Å². The van der Waals surface area contributed by atoms with Gasteiger partial charge in [0.25, 0.3) is 5.91 Å². The van der Waals surface area contributed by atoms with Gasteiger partial charge in [-0.2, -0.15) is 0 Å². The Kier molecular flexibility index (Phi) is 6.28. The molecule has 23 heavy (non-hydrogen) atoms. The number of carbonyl (C=O) groups excluding carboxylic acids is 1. The van der Waals surface area contributed by atoms with Gasteiger partial charge in [0, 0.05) is 25.6 Å². The highest BCUT2D eigenvalue weighted by Crippen LogP contribution is 2.29. The van der Waals surface area contributed by atoms with Gasteiger partial charge in [-0.25, -0.2) is 0 Å². The summed E-state index contributed by atoms with van der Waals surface area (Å²) in [5.41, 5.74) is -0.418. The molecule has 128 valence electrons. The third kappa shape index (κ3) is 5.06. The second kappa shape index (κ2) is 7.81. The Balaban J connectivity index is 2.13. The number of ether oxygens (including phenoxy) is 1. The first kappa shape index (κ1) is 18.5. The molecule has 0 aromatic heterocycles. The smallest absolute Gasteiger partial charge is 0.251 e. The molecule has 5 nitrogen and oxygen atoms in total. The number of hydrogen-bond acceptors (Lipinski definition) is 4. The van der Waals surface area contributed by atoms with Crippen LogP contribution in [0.1, 0.15) is 25.3 Å². The topological polar surface area (TPSA) is 70.6 Å². The van der Waals surface area contributed by atoms with Gasteiger partial charge in [-0.3, -0.25) is 4.79 Å². The second-order valence-electron chi connectivity index (χ2n) is 6.16. The summed E-state index contributed by atoms with van der Waals surface area (Å²) >= 11 is 12.1. The Morgan fingerprint density at radius 2 is 2.17 bits per heavy atom. The van der Waals surface area contributed by atoms with Crippen molar-refractivity contribution in [3.8, 4) is 0 Å². The predicted octanol–water partition coefficient (Wildman–Crippen LogP) is 1.95. The van der Waals surface area contributed by atoms with E-state index in [2.05, 4.69) is 10.6 Å². The zero-order valence-corrected chi connectivity index (χ0v) is 14.7. The molecule has 2 unspecified atom stereocenters. The van der Waals surface area contributed by atoms with Gasteiger partial charge in [0.05, 0.1) is 22.8 Å². The highest BCUT2D eigenvalue weighted by molar-refractivity contribution is 6.42. The van der Waals surface area contributed by atoms with Crippen molar-refractivity contribution < 1.29 is 14.6 Å². The van der Waals surface area contributed by atoms with Crippen LogP contribution in [0.5, 0.6) is 0 Å². The molecule has 1 heterocycles. The number of rotatable bonds is 4. The van der Waals surface area contributed by atoms with Crippen molar-refractivity contribution in [3.63, 3.8) is 0 Å². The molecule has 0 radical (unpaired) electrons. The van der Waals surface area contributed by atoms with Crippen molar-refractivity contribution in [1.29, 1.82) is 0 Å². The van der Waals surface area contributed by atoms with Crippen LogP contribution in [0.4, 0.5) is 0 Å². The second-order valence-corrected chi connectivity index (χ2v) is 6.98. The molecule has 0 aliphatic carbocycles. The van der Waals surface area contributed by atoms with Crippen LogP contribution in [-0.4, -0.2) is 49.0 Å². The monoisotopic (exact) mass is 360 g/mol. The van der Waals surface area contributed by atoms with Gasteiger partial charge in [0.15, 0.2) is 0 Å². The van der Waals surface area contributed by atoms with Crippen LogP contribution in [0.25, 0.3) is 0 Å². The first-order valence-electron chi connectivity index (χ1n) is 7.57. The fourth-order valence-electron chi connectivity index (χ4n) is 2.47.